The summed E-state index contributed by atoms with van der Waals surface area (Å²) in [5.41, 5.74) is 0. The molecule has 0 rings (SSSR count). The van der Waals surface area contributed by atoms with Gasteiger partial charge in [-0.1, -0.05) is 224 Å². The number of likely N-dealkylation sites (N-methyl/N-ethyl adjacent to an activating group) is 1. The molecular formula is C57H105NO8. The average molecular weight is 932 g/mol. The molecular weight excluding hydrogens is 827 g/mol. The van der Waals surface area contributed by atoms with Crippen LogP contribution in [0.4, 0.5) is 0 Å². The number of esters is 2. The molecule has 0 aliphatic carbocycles. The summed E-state index contributed by atoms with van der Waals surface area (Å²) in [5.74, 6) is -2.29. The SMILES string of the molecule is CCCCC/C=C\C/C=C\C/C=C\CCCCCCCCC(=O)OC(COC(=O)CCCCCCCCCCCCCCCCCCCCCCCC)COC(OCC[N+](C)(C)C)C(=O)[O-]. The number of quaternary nitrogens is 1. The van der Waals surface area contributed by atoms with Crippen molar-refractivity contribution in [3.63, 3.8) is 0 Å². The Labute approximate surface area is 407 Å². The van der Waals surface area contributed by atoms with E-state index < -0.39 is 24.3 Å². The number of hydrogen-bond acceptors (Lipinski definition) is 8. The van der Waals surface area contributed by atoms with Gasteiger partial charge in [0.25, 0.3) is 0 Å². The number of nitrogens with zero attached hydrogens (tertiary/aromatic N) is 1. The number of aliphatic carboxylic acids is 1. The number of carboxylic acid groups (broad SMARTS) is 1. The Kier molecular flexibility index (Phi) is 47.1. The molecule has 0 heterocycles. The monoisotopic (exact) mass is 932 g/mol. The summed E-state index contributed by atoms with van der Waals surface area (Å²) in [6, 6.07) is 0. The molecule has 0 bridgehead atoms. The molecule has 0 aromatic carbocycles. The molecule has 9 nitrogen and oxygen atoms in total. The van der Waals surface area contributed by atoms with Gasteiger partial charge in [-0.05, 0) is 51.4 Å². The topological polar surface area (TPSA) is 111 Å². The van der Waals surface area contributed by atoms with Crippen LogP contribution in [0.1, 0.15) is 251 Å². The summed E-state index contributed by atoms with van der Waals surface area (Å²) in [7, 11) is 5.92. The number of ether oxygens (including phenoxy) is 4. The summed E-state index contributed by atoms with van der Waals surface area (Å²) in [6.45, 7) is 4.74. The zero-order valence-corrected chi connectivity index (χ0v) is 43.8. The first kappa shape index (κ1) is 63.5. The summed E-state index contributed by atoms with van der Waals surface area (Å²) < 4.78 is 22.7. The normalized spacial score (nSPS) is 13.0. The standard InChI is InChI=1S/C57H105NO8/c1-6-8-10-12-14-16-18-20-22-24-26-27-28-30-31-33-35-37-39-41-43-45-47-54(59)64-51-53(52-65-57(56(61)62)63-50-49-58(3,4)5)66-55(60)48-46-44-42-40-38-36-34-32-29-25-23-21-19-17-15-13-11-9-7-2/h15,17,21,23,29,32,53,57H,6-14,16,18-20,22,24-28,30-31,33-52H2,1-5H3/b17-15-,23-21-,32-29-. The van der Waals surface area contributed by atoms with Crippen molar-refractivity contribution in [3.05, 3.63) is 36.5 Å². The van der Waals surface area contributed by atoms with Gasteiger partial charge in [-0.3, -0.25) is 9.59 Å². The summed E-state index contributed by atoms with van der Waals surface area (Å²) in [6.07, 6.45) is 54.7. The van der Waals surface area contributed by atoms with Crippen LogP contribution < -0.4 is 5.11 Å². The van der Waals surface area contributed by atoms with E-state index in [2.05, 4.69) is 50.3 Å². The van der Waals surface area contributed by atoms with Crippen LogP contribution in [0.25, 0.3) is 0 Å². The highest BCUT2D eigenvalue weighted by Crippen LogP contribution is 2.17. The molecule has 0 radical (unpaired) electrons. The Morgan fingerprint density at radius 3 is 1.24 bits per heavy atom. The second-order valence-electron chi connectivity index (χ2n) is 19.9. The van der Waals surface area contributed by atoms with Crippen molar-refractivity contribution in [1.29, 1.82) is 0 Å². The lowest BCUT2D eigenvalue weighted by atomic mass is 10.0. The third-order valence-corrected chi connectivity index (χ3v) is 12.1. The Morgan fingerprint density at radius 1 is 0.455 bits per heavy atom. The fourth-order valence-electron chi connectivity index (χ4n) is 7.84. The van der Waals surface area contributed by atoms with Crippen molar-refractivity contribution < 1.29 is 42.9 Å². The van der Waals surface area contributed by atoms with Crippen molar-refractivity contribution in [2.45, 2.75) is 264 Å². The Bertz CT molecular complexity index is 1180. The number of unbranched alkanes of at least 4 members (excludes halogenated alkanes) is 30. The van der Waals surface area contributed by atoms with E-state index in [0.29, 0.717) is 23.9 Å². The van der Waals surface area contributed by atoms with Crippen LogP contribution in [0.2, 0.25) is 0 Å². The number of rotatable bonds is 51. The minimum atomic E-state index is -1.62. The zero-order chi connectivity index (χ0) is 48.4. The molecule has 0 aromatic rings. The minimum Gasteiger partial charge on any atom is -0.545 e. The van der Waals surface area contributed by atoms with Gasteiger partial charge in [0.15, 0.2) is 12.4 Å². The third-order valence-electron chi connectivity index (χ3n) is 12.1. The summed E-state index contributed by atoms with van der Waals surface area (Å²) in [4.78, 5) is 37.2. The maximum absolute atomic E-state index is 12.8. The van der Waals surface area contributed by atoms with Crippen molar-refractivity contribution in [1.82, 2.24) is 0 Å². The van der Waals surface area contributed by atoms with Gasteiger partial charge in [0.1, 0.15) is 13.2 Å². The first-order valence-corrected chi connectivity index (χ1v) is 27.6. The molecule has 2 unspecified atom stereocenters. The smallest absolute Gasteiger partial charge is 0.306 e. The van der Waals surface area contributed by atoms with E-state index in [1.165, 1.54) is 148 Å². The summed E-state index contributed by atoms with van der Waals surface area (Å²) >= 11 is 0. The minimum absolute atomic E-state index is 0.146. The number of hydrogen-bond donors (Lipinski definition) is 0. The van der Waals surface area contributed by atoms with Crippen molar-refractivity contribution in [3.8, 4) is 0 Å². The predicted octanol–water partition coefficient (Wildman–Crippen LogP) is 14.4. The van der Waals surface area contributed by atoms with Gasteiger partial charge in [0.05, 0.1) is 40.3 Å². The predicted molar refractivity (Wildman–Crippen MR) is 274 cm³/mol. The molecule has 0 saturated carbocycles. The number of carboxylic acids is 1. The van der Waals surface area contributed by atoms with Crippen LogP contribution in [-0.2, 0) is 33.3 Å². The van der Waals surface area contributed by atoms with E-state index in [0.717, 1.165) is 70.6 Å². The second kappa shape index (κ2) is 48.9. The molecule has 0 N–H and O–H groups in total. The van der Waals surface area contributed by atoms with Gasteiger partial charge in [-0.15, -0.1) is 0 Å². The number of carbonyl (C=O) groups is 3. The zero-order valence-electron chi connectivity index (χ0n) is 43.8. The molecule has 0 fully saturated rings. The quantitative estimate of drug-likeness (QED) is 0.0195. The lowest BCUT2D eigenvalue weighted by Gasteiger charge is -2.26. The van der Waals surface area contributed by atoms with Crippen molar-refractivity contribution in [2.75, 3.05) is 47.5 Å². The molecule has 66 heavy (non-hydrogen) atoms. The first-order valence-electron chi connectivity index (χ1n) is 27.6. The van der Waals surface area contributed by atoms with Crippen LogP contribution in [-0.4, -0.2) is 82.3 Å². The van der Waals surface area contributed by atoms with Crippen LogP contribution in [0, 0.1) is 0 Å². The molecule has 0 aliphatic heterocycles. The van der Waals surface area contributed by atoms with E-state index in [9.17, 15) is 19.5 Å². The van der Waals surface area contributed by atoms with Gasteiger partial charge in [0, 0.05) is 12.8 Å². The lowest BCUT2D eigenvalue weighted by molar-refractivity contribution is -0.870. The Morgan fingerprint density at radius 2 is 0.818 bits per heavy atom. The van der Waals surface area contributed by atoms with Gasteiger partial charge in [-0.2, -0.15) is 0 Å². The Hall–Kier alpha value is -2.49. The van der Waals surface area contributed by atoms with E-state index in [1.54, 1.807) is 0 Å². The van der Waals surface area contributed by atoms with Crippen LogP contribution in [0.3, 0.4) is 0 Å². The van der Waals surface area contributed by atoms with Gasteiger partial charge in [0.2, 0.25) is 0 Å². The summed E-state index contributed by atoms with van der Waals surface area (Å²) in [5, 5.41) is 11.8. The maximum atomic E-state index is 12.8. The molecule has 0 saturated heterocycles. The highest BCUT2D eigenvalue weighted by Gasteiger charge is 2.22. The first-order chi connectivity index (χ1) is 32.1. The highest BCUT2D eigenvalue weighted by molar-refractivity contribution is 5.70. The maximum Gasteiger partial charge on any atom is 0.306 e. The van der Waals surface area contributed by atoms with E-state index >= 15 is 0 Å². The van der Waals surface area contributed by atoms with Gasteiger partial charge >= 0.3 is 11.9 Å². The molecule has 0 aromatic heterocycles. The van der Waals surface area contributed by atoms with E-state index in [-0.39, 0.29) is 32.2 Å². The molecule has 0 spiro atoms. The van der Waals surface area contributed by atoms with Crippen LogP contribution >= 0.6 is 0 Å². The average Bonchev–Trinajstić information content (AvgIpc) is 3.28. The molecule has 0 aliphatic rings. The van der Waals surface area contributed by atoms with Gasteiger partial charge < -0.3 is 33.3 Å². The van der Waals surface area contributed by atoms with E-state index in [4.69, 9.17) is 18.9 Å². The van der Waals surface area contributed by atoms with Crippen LogP contribution in [0.5, 0.6) is 0 Å². The molecule has 2 atom stereocenters. The van der Waals surface area contributed by atoms with Crippen molar-refractivity contribution in [2.24, 2.45) is 0 Å². The molecule has 9 heteroatoms. The van der Waals surface area contributed by atoms with E-state index in [1.807, 2.05) is 21.1 Å². The Balaban J connectivity index is 4.28. The lowest BCUT2D eigenvalue weighted by Crippen LogP contribution is -2.44. The van der Waals surface area contributed by atoms with Crippen molar-refractivity contribution >= 4 is 17.9 Å². The fraction of sp³-hybridized carbons (Fsp3) is 0.842. The van der Waals surface area contributed by atoms with Crippen LogP contribution in [0.15, 0.2) is 36.5 Å². The van der Waals surface area contributed by atoms with Gasteiger partial charge in [-0.25, -0.2) is 0 Å². The second-order valence-corrected chi connectivity index (χ2v) is 19.9. The molecule has 0 amide bonds. The fourth-order valence-corrected chi connectivity index (χ4v) is 7.84. The molecule has 386 valence electrons. The third kappa shape index (κ3) is 49.4. The highest BCUT2D eigenvalue weighted by atomic mass is 16.7. The number of carbonyl (C=O) groups excluding carboxylic acids is 3. The largest absolute Gasteiger partial charge is 0.545 e. The number of allylic oxidation sites excluding steroid dienone is 6.